The molecule has 0 N–H and O–H groups in total. The predicted octanol–water partition coefficient (Wildman–Crippen LogP) is 5.86. The highest BCUT2D eigenvalue weighted by Crippen LogP contribution is 2.34. The summed E-state index contributed by atoms with van der Waals surface area (Å²) in [5.41, 5.74) is 2.78. The summed E-state index contributed by atoms with van der Waals surface area (Å²) in [6.07, 6.45) is 5.81. The summed E-state index contributed by atoms with van der Waals surface area (Å²) in [4.78, 5) is 14.1. The van der Waals surface area contributed by atoms with Crippen molar-refractivity contribution in [3.05, 3.63) is 58.8 Å². The van der Waals surface area contributed by atoms with Crippen LogP contribution < -0.4 is 0 Å². The zero-order valence-electron chi connectivity index (χ0n) is 16.8. The van der Waals surface area contributed by atoms with Crippen LogP contribution in [0.5, 0.6) is 0 Å². The maximum absolute atomic E-state index is 12.8. The number of allylic oxidation sites excluding steroid dienone is 3. The topological polar surface area (TPSA) is 29.5 Å². The standard InChI is InChI=1S/C23H28F3NO2/c1-2-29-22(28)13-18-12-20(19-6-4-3-5-7-19)16-27(15-18)14-17-8-10-21(11-9-17)23(24,25)26/h6,8-11,16,18H,2-5,7,12-15H2,1H3. The molecule has 1 heterocycles. The van der Waals surface area contributed by atoms with Crippen LogP contribution in [0, 0.1) is 5.92 Å². The Labute approximate surface area is 170 Å². The Morgan fingerprint density at radius 2 is 1.93 bits per heavy atom. The summed E-state index contributed by atoms with van der Waals surface area (Å²) >= 11 is 0. The molecule has 6 heteroatoms. The first kappa shape index (κ1) is 21.5. The van der Waals surface area contributed by atoms with Gasteiger partial charge in [-0.25, -0.2) is 0 Å². The minimum Gasteiger partial charge on any atom is -0.466 e. The first-order valence-electron chi connectivity index (χ1n) is 10.3. The molecule has 0 aromatic heterocycles. The molecule has 2 aliphatic rings. The van der Waals surface area contributed by atoms with E-state index in [0.29, 0.717) is 26.1 Å². The molecule has 0 fully saturated rings. The van der Waals surface area contributed by atoms with Gasteiger partial charge in [-0.2, -0.15) is 13.2 Å². The Kier molecular flexibility index (Phi) is 7.04. The van der Waals surface area contributed by atoms with E-state index in [0.717, 1.165) is 37.0 Å². The number of halogens is 3. The van der Waals surface area contributed by atoms with Crippen LogP contribution in [0.2, 0.25) is 0 Å². The average molecular weight is 407 g/mol. The van der Waals surface area contributed by atoms with E-state index >= 15 is 0 Å². The molecule has 1 atom stereocenters. The molecule has 0 spiro atoms. The van der Waals surface area contributed by atoms with Gasteiger partial charge < -0.3 is 9.64 Å². The largest absolute Gasteiger partial charge is 0.466 e. The van der Waals surface area contributed by atoms with Crippen LogP contribution >= 0.6 is 0 Å². The lowest BCUT2D eigenvalue weighted by molar-refractivity contribution is -0.144. The van der Waals surface area contributed by atoms with Gasteiger partial charge in [0.15, 0.2) is 0 Å². The number of rotatable bonds is 6. The number of nitrogens with zero attached hydrogens (tertiary/aromatic N) is 1. The van der Waals surface area contributed by atoms with Gasteiger partial charge in [-0.3, -0.25) is 4.79 Å². The van der Waals surface area contributed by atoms with Gasteiger partial charge in [-0.1, -0.05) is 18.2 Å². The van der Waals surface area contributed by atoms with E-state index in [4.69, 9.17) is 4.74 Å². The molecule has 29 heavy (non-hydrogen) atoms. The Morgan fingerprint density at radius 1 is 1.17 bits per heavy atom. The molecule has 1 unspecified atom stereocenters. The molecule has 1 aromatic carbocycles. The van der Waals surface area contributed by atoms with E-state index in [1.807, 2.05) is 0 Å². The van der Waals surface area contributed by atoms with Gasteiger partial charge in [0.25, 0.3) is 0 Å². The number of hydrogen-bond donors (Lipinski definition) is 0. The minimum absolute atomic E-state index is 0.145. The third-order valence-electron chi connectivity index (χ3n) is 5.47. The van der Waals surface area contributed by atoms with Crippen LogP contribution in [0.1, 0.15) is 56.6 Å². The molecule has 0 amide bonds. The quantitative estimate of drug-likeness (QED) is 0.553. The lowest BCUT2D eigenvalue weighted by atomic mass is 9.85. The van der Waals surface area contributed by atoms with Crippen LogP contribution in [0.3, 0.4) is 0 Å². The number of carbonyl (C=O) groups excluding carboxylic acids is 1. The minimum atomic E-state index is -4.32. The van der Waals surface area contributed by atoms with Gasteiger partial charge in [-0.05, 0) is 73.8 Å². The molecule has 3 rings (SSSR count). The Morgan fingerprint density at radius 3 is 2.55 bits per heavy atom. The van der Waals surface area contributed by atoms with Crippen molar-refractivity contribution in [3.63, 3.8) is 0 Å². The van der Waals surface area contributed by atoms with Crippen molar-refractivity contribution >= 4 is 5.97 Å². The Hall–Kier alpha value is -2.24. The summed E-state index contributed by atoms with van der Waals surface area (Å²) in [7, 11) is 0. The Bertz CT molecular complexity index is 765. The fourth-order valence-corrected chi connectivity index (χ4v) is 4.11. The van der Waals surface area contributed by atoms with Crippen molar-refractivity contribution in [2.45, 2.75) is 58.2 Å². The predicted molar refractivity (Wildman–Crippen MR) is 106 cm³/mol. The van der Waals surface area contributed by atoms with Crippen molar-refractivity contribution < 1.29 is 22.7 Å². The molecule has 1 aliphatic heterocycles. The third-order valence-corrected chi connectivity index (χ3v) is 5.47. The number of hydrogen-bond acceptors (Lipinski definition) is 3. The van der Waals surface area contributed by atoms with E-state index in [9.17, 15) is 18.0 Å². The molecule has 158 valence electrons. The fourth-order valence-electron chi connectivity index (χ4n) is 4.11. The number of ether oxygens (including phenoxy) is 1. The van der Waals surface area contributed by atoms with Crippen LogP contribution in [-0.2, 0) is 22.3 Å². The first-order valence-corrected chi connectivity index (χ1v) is 10.3. The van der Waals surface area contributed by atoms with E-state index in [2.05, 4.69) is 17.2 Å². The van der Waals surface area contributed by atoms with Crippen molar-refractivity contribution in [3.8, 4) is 0 Å². The van der Waals surface area contributed by atoms with Crippen molar-refractivity contribution in [1.29, 1.82) is 0 Å². The Balaban J connectivity index is 1.75. The summed E-state index contributed by atoms with van der Waals surface area (Å²) in [6.45, 7) is 3.38. The van der Waals surface area contributed by atoms with E-state index in [1.165, 1.54) is 36.1 Å². The summed E-state index contributed by atoms with van der Waals surface area (Å²) in [5.74, 6) is -0.0443. The summed E-state index contributed by atoms with van der Waals surface area (Å²) in [5, 5.41) is 0. The molecule has 1 aromatic rings. The second kappa shape index (κ2) is 9.51. The van der Waals surface area contributed by atoms with Gasteiger partial charge in [0.05, 0.1) is 18.6 Å². The van der Waals surface area contributed by atoms with Crippen LogP contribution in [-0.4, -0.2) is 24.0 Å². The second-order valence-corrected chi connectivity index (χ2v) is 7.83. The SMILES string of the molecule is CCOC(=O)CC1CC(C2=CCCCC2)=CN(Cc2ccc(C(F)(F)F)cc2)C1. The first-order chi connectivity index (χ1) is 13.8. The van der Waals surface area contributed by atoms with E-state index in [-0.39, 0.29) is 11.9 Å². The number of benzene rings is 1. The normalized spacial score (nSPS) is 20.1. The third kappa shape index (κ3) is 6.12. The lowest BCUT2D eigenvalue weighted by Gasteiger charge is -2.34. The fraction of sp³-hybridized carbons (Fsp3) is 0.522. The number of esters is 1. The van der Waals surface area contributed by atoms with Gasteiger partial charge in [0, 0.05) is 19.3 Å². The summed E-state index contributed by atoms with van der Waals surface area (Å²) < 4.78 is 43.5. The lowest BCUT2D eigenvalue weighted by Crippen LogP contribution is -2.31. The maximum Gasteiger partial charge on any atom is 0.416 e. The molecule has 1 aliphatic carbocycles. The smallest absolute Gasteiger partial charge is 0.416 e. The number of alkyl halides is 3. The van der Waals surface area contributed by atoms with Gasteiger partial charge in [0.2, 0.25) is 0 Å². The number of carbonyl (C=O) groups is 1. The van der Waals surface area contributed by atoms with Gasteiger partial charge in [0.1, 0.15) is 0 Å². The molecule has 3 nitrogen and oxygen atoms in total. The molecule has 0 saturated heterocycles. The average Bonchev–Trinajstić information content (AvgIpc) is 2.68. The van der Waals surface area contributed by atoms with Crippen LogP contribution in [0.4, 0.5) is 13.2 Å². The molecule has 0 saturated carbocycles. The summed E-state index contributed by atoms with van der Waals surface area (Å²) in [6, 6.07) is 5.32. The van der Waals surface area contributed by atoms with Crippen molar-refractivity contribution in [2.24, 2.45) is 5.92 Å². The van der Waals surface area contributed by atoms with Crippen molar-refractivity contribution in [1.82, 2.24) is 4.90 Å². The van der Waals surface area contributed by atoms with Gasteiger partial charge in [-0.15, -0.1) is 0 Å². The van der Waals surface area contributed by atoms with Gasteiger partial charge >= 0.3 is 12.1 Å². The van der Waals surface area contributed by atoms with Crippen molar-refractivity contribution in [2.75, 3.05) is 13.2 Å². The highest BCUT2D eigenvalue weighted by Gasteiger charge is 2.30. The molecule has 0 radical (unpaired) electrons. The molecule has 0 bridgehead atoms. The molecular weight excluding hydrogens is 379 g/mol. The van der Waals surface area contributed by atoms with E-state index < -0.39 is 11.7 Å². The zero-order valence-corrected chi connectivity index (χ0v) is 16.8. The highest BCUT2D eigenvalue weighted by molar-refractivity contribution is 5.69. The van der Waals surface area contributed by atoms with Crippen LogP contribution in [0.25, 0.3) is 0 Å². The second-order valence-electron chi connectivity index (χ2n) is 7.83. The van der Waals surface area contributed by atoms with E-state index in [1.54, 1.807) is 6.92 Å². The molecular formula is C23H28F3NO2. The van der Waals surface area contributed by atoms with Crippen LogP contribution in [0.15, 0.2) is 47.7 Å². The zero-order chi connectivity index (χ0) is 20.9. The highest BCUT2D eigenvalue weighted by atomic mass is 19.4. The maximum atomic E-state index is 12.8. The monoisotopic (exact) mass is 407 g/mol.